The number of benzene rings is 1. The van der Waals surface area contributed by atoms with E-state index in [4.69, 9.17) is 20.2 Å². The molecule has 1 atom stereocenters. The molecule has 3 heterocycles. The van der Waals surface area contributed by atoms with Gasteiger partial charge in [-0.25, -0.2) is 4.98 Å². The van der Waals surface area contributed by atoms with Crippen molar-refractivity contribution in [2.24, 2.45) is 5.92 Å². The maximum absolute atomic E-state index is 6.09. The van der Waals surface area contributed by atoms with Gasteiger partial charge in [0.1, 0.15) is 17.1 Å². The summed E-state index contributed by atoms with van der Waals surface area (Å²) >= 11 is 0. The van der Waals surface area contributed by atoms with Gasteiger partial charge in [-0.2, -0.15) is 0 Å². The Hall–Kier alpha value is -2.73. The van der Waals surface area contributed by atoms with Crippen LogP contribution in [0, 0.1) is 5.92 Å². The summed E-state index contributed by atoms with van der Waals surface area (Å²) < 4.78 is 13.2. The Balaban J connectivity index is 1.86. The van der Waals surface area contributed by atoms with Crippen LogP contribution in [0.1, 0.15) is 25.5 Å². The predicted octanol–water partition coefficient (Wildman–Crippen LogP) is 3.83. The minimum atomic E-state index is 0.716. The normalized spacial score (nSPS) is 17.8. The second kappa shape index (κ2) is 7.72. The SMILES string of the molecule is COc1ccc(OC)c(-c2nc3ccc(N)cn3c2CN2CCCC(C)C2)c1. The average Bonchev–Trinajstić information content (AvgIpc) is 3.05. The molecule has 1 aliphatic heterocycles. The summed E-state index contributed by atoms with van der Waals surface area (Å²) in [7, 11) is 3.36. The lowest BCUT2D eigenvalue weighted by Gasteiger charge is -2.30. The Morgan fingerprint density at radius 2 is 2.04 bits per heavy atom. The van der Waals surface area contributed by atoms with E-state index in [1.165, 1.54) is 12.8 Å². The number of nitrogen functional groups attached to an aromatic ring is 1. The first kappa shape index (κ1) is 18.6. The van der Waals surface area contributed by atoms with Crippen LogP contribution < -0.4 is 15.2 Å². The molecule has 2 aromatic heterocycles. The van der Waals surface area contributed by atoms with Gasteiger partial charge in [-0.15, -0.1) is 0 Å². The fourth-order valence-electron chi connectivity index (χ4n) is 4.12. The van der Waals surface area contributed by atoms with E-state index < -0.39 is 0 Å². The topological polar surface area (TPSA) is 65.0 Å². The number of nitrogens with zero attached hydrogens (tertiary/aromatic N) is 3. The van der Waals surface area contributed by atoms with Crippen molar-refractivity contribution in [1.29, 1.82) is 0 Å². The number of likely N-dealkylation sites (tertiary alicyclic amines) is 1. The van der Waals surface area contributed by atoms with Crippen molar-refractivity contribution in [2.75, 3.05) is 33.0 Å². The Kier molecular flexibility index (Phi) is 5.13. The molecule has 6 heteroatoms. The third kappa shape index (κ3) is 3.52. The number of aromatic nitrogens is 2. The van der Waals surface area contributed by atoms with E-state index in [-0.39, 0.29) is 0 Å². The number of piperidine rings is 1. The maximum Gasteiger partial charge on any atom is 0.137 e. The number of nitrogens with two attached hydrogens (primary N) is 1. The van der Waals surface area contributed by atoms with E-state index in [1.54, 1.807) is 14.2 Å². The molecule has 0 spiro atoms. The second-order valence-electron chi connectivity index (χ2n) is 7.65. The van der Waals surface area contributed by atoms with Crippen molar-refractivity contribution in [3.8, 4) is 22.8 Å². The molecule has 2 N–H and O–H groups in total. The monoisotopic (exact) mass is 380 g/mol. The third-order valence-electron chi connectivity index (χ3n) is 5.52. The van der Waals surface area contributed by atoms with Crippen LogP contribution in [0.25, 0.3) is 16.9 Å². The van der Waals surface area contributed by atoms with Crippen LogP contribution in [0.5, 0.6) is 11.5 Å². The van der Waals surface area contributed by atoms with Crippen LogP contribution in [-0.4, -0.2) is 41.6 Å². The summed E-state index contributed by atoms with van der Waals surface area (Å²) in [6.45, 7) is 5.36. The molecule has 0 bridgehead atoms. The number of methoxy groups -OCH3 is 2. The summed E-state index contributed by atoms with van der Waals surface area (Å²) in [5.41, 5.74) is 10.7. The van der Waals surface area contributed by atoms with Gasteiger partial charge in [-0.3, -0.25) is 4.90 Å². The van der Waals surface area contributed by atoms with Gasteiger partial charge in [-0.1, -0.05) is 6.92 Å². The number of fused-ring (bicyclic) bond motifs is 1. The number of hydrogen-bond acceptors (Lipinski definition) is 5. The largest absolute Gasteiger partial charge is 0.497 e. The zero-order chi connectivity index (χ0) is 19.7. The zero-order valence-electron chi connectivity index (χ0n) is 16.8. The van der Waals surface area contributed by atoms with Gasteiger partial charge in [0.05, 0.1) is 25.6 Å². The highest BCUT2D eigenvalue weighted by Gasteiger charge is 2.23. The lowest BCUT2D eigenvalue weighted by molar-refractivity contribution is 0.174. The molecule has 148 valence electrons. The van der Waals surface area contributed by atoms with E-state index in [2.05, 4.69) is 16.2 Å². The van der Waals surface area contributed by atoms with Gasteiger partial charge in [0.2, 0.25) is 0 Å². The van der Waals surface area contributed by atoms with Crippen molar-refractivity contribution in [3.63, 3.8) is 0 Å². The average molecular weight is 380 g/mol. The lowest BCUT2D eigenvalue weighted by atomic mass is 10.00. The van der Waals surface area contributed by atoms with Gasteiger partial charge in [0.25, 0.3) is 0 Å². The smallest absolute Gasteiger partial charge is 0.137 e. The molecule has 0 saturated carbocycles. The second-order valence-corrected chi connectivity index (χ2v) is 7.65. The van der Waals surface area contributed by atoms with Crippen LogP contribution >= 0.6 is 0 Å². The molecule has 1 aliphatic rings. The number of imidazole rings is 1. The van der Waals surface area contributed by atoms with E-state index in [0.717, 1.165) is 59.4 Å². The molecule has 28 heavy (non-hydrogen) atoms. The van der Waals surface area contributed by atoms with Gasteiger partial charge in [0, 0.05) is 30.5 Å². The Labute approximate surface area is 165 Å². The summed E-state index contributed by atoms with van der Waals surface area (Å²) in [6.07, 6.45) is 4.49. The maximum atomic E-state index is 6.09. The fraction of sp³-hybridized carbons (Fsp3) is 0.409. The minimum absolute atomic E-state index is 0.716. The van der Waals surface area contributed by atoms with Crippen LogP contribution in [0.4, 0.5) is 5.69 Å². The molecule has 0 amide bonds. The van der Waals surface area contributed by atoms with Crippen molar-refractivity contribution in [3.05, 3.63) is 42.2 Å². The standard InChI is InChI=1S/C22H28N4O2/c1-15-5-4-10-25(12-15)14-19-22(24-21-9-6-16(23)13-26(19)21)18-11-17(27-2)7-8-20(18)28-3/h6-9,11,13,15H,4-5,10,12,14,23H2,1-3H3. The summed E-state index contributed by atoms with van der Waals surface area (Å²) in [6, 6.07) is 9.68. The van der Waals surface area contributed by atoms with Gasteiger partial charge in [-0.05, 0) is 55.6 Å². The number of rotatable bonds is 5. The van der Waals surface area contributed by atoms with Crippen LogP contribution in [0.2, 0.25) is 0 Å². The Morgan fingerprint density at radius 1 is 1.18 bits per heavy atom. The quantitative estimate of drug-likeness (QED) is 0.729. The third-order valence-corrected chi connectivity index (χ3v) is 5.52. The van der Waals surface area contributed by atoms with Crippen LogP contribution in [-0.2, 0) is 6.54 Å². The molecule has 1 fully saturated rings. The highest BCUT2D eigenvalue weighted by Crippen LogP contribution is 2.36. The van der Waals surface area contributed by atoms with E-state index >= 15 is 0 Å². The molecule has 0 aliphatic carbocycles. The first-order valence-corrected chi connectivity index (χ1v) is 9.80. The highest BCUT2D eigenvalue weighted by molar-refractivity contribution is 5.74. The summed E-state index contributed by atoms with van der Waals surface area (Å²) in [5, 5.41) is 0. The lowest BCUT2D eigenvalue weighted by Crippen LogP contribution is -2.34. The molecule has 1 saturated heterocycles. The van der Waals surface area contributed by atoms with E-state index in [1.807, 2.05) is 36.5 Å². The molecular weight excluding hydrogens is 352 g/mol. The molecular formula is C22H28N4O2. The first-order valence-electron chi connectivity index (χ1n) is 9.80. The van der Waals surface area contributed by atoms with Gasteiger partial charge < -0.3 is 19.6 Å². The molecule has 1 unspecified atom stereocenters. The van der Waals surface area contributed by atoms with Crippen molar-refractivity contribution >= 4 is 11.3 Å². The van der Waals surface area contributed by atoms with Crippen LogP contribution in [0.15, 0.2) is 36.5 Å². The number of hydrogen-bond donors (Lipinski definition) is 1. The number of anilines is 1. The minimum Gasteiger partial charge on any atom is -0.497 e. The summed E-state index contributed by atoms with van der Waals surface area (Å²) in [5.74, 6) is 2.28. The van der Waals surface area contributed by atoms with Gasteiger partial charge in [0.15, 0.2) is 0 Å². The van der Waals surface area contributed by atoms with Crippen molar-refractivity contribution < 1.29 is 9.47 Å². The first-order chi connectivity index (χ1) is 13.6. The Morgan fingerprint density at radius 3 is 2.79 bits per heavy atom. The van der Waals surface area contributed by atoms with Crippen LogP contribution in [0.3, 0.4) is 0 Å². The van der Waals surface area contributed by atoms with Gasteiger partial charge >= 0.3 is 0 Å². The molecule has 6 nitrogen and oxygen atoms in total. The molecule has 0 radical (unpaired) electrons. The van der Waals surface area contributed by atoms with Crippen molar-refractivity contribution in [2.45, 2.75) is 26.3 Å². The number of ether oxygens (including phenoxy) is 2. The molecule has 1 aromatic carbocycles. The van der Waals surface area contributed by atoms with E-state index in [9.17, 15) is 0 Å². The predicted molar refractivity (Wildman–Crippen MR) is 112 cm³/mol. The Bertz CT molecular complexity index is 982. The molecule has 3 aromatic rings. The fourth-order valence-corrected chi connectivity index (χ4v) is 4.12. The molecule has 4 rings (SSSR count). The van der Waals surface area contributed by atoms with E-state index in [0.29, 0.717) is 5.92 Å². The highest BCUT2D eigenvalue weighted by atomic mass is 16.5. The summed E-state index contributed by atoms with van der Waals surface area (Å²) in [4.78, 5) is 7.45. The number of pyridine rings is 1. The zero-order valence-corrected chi connectivity index (χ0v) is 16.8. The van der Waals surface area contributed by atoms with Crippen molar-refractivity contribution in [1.82, 2.24) is 14.3 Å².